The van der Waals surface area contributed by atoms with E-state index in [0.29, 0.717) is 5.25 Å². The molecule has 20 heavy (non-hydrogen) atoms. The molecule has 0 spiro atoms. The summed E-state index contributed by atoms with van der Waals surface area (Å²) in [4.78, 5) is 14.6. The molecule has 0 amide bonds. The van der Waals surface area contributed by atoms with Crippen molar-refractivity contribution < 1.29 is 4.92 Å². The third kappa shape index (κ3) is 3.20. The highest BCUT2D eigenvalue weighted by Crippen LogP contribution is 2.33. The van der Waals surface area contributed by atoms with Gasteiger partial charge in [0.25, 0.3) is 0 Å². The first kappa shape index (κ1) is 14.6. The molecule has 1 N–H and O–H groups in total. The van der Waals surface area contributed by atoms with E-state index >= 15 is 0 Å². The minimum Gasteiger partial charge on any atom is -0.362 e. The normalized spacial score (nSPS) is 21.4. The molecular weight excluding hydrogens is 276 g/mol. The van der Waals surface area contributed by atoms with Crippen LogP contribution in [0.5, 0.6) is 0 Å². The SMILES string of the molecule is CCSC1CCC(Nc2nccc(C#N)c2[N+](=O)[O-])C1. The summed E-state index contributed by atoms with van der Waals surface area (Å²) in [6.07, 6.45) is 4.50. The van der Waals surface area contributed by atoms with Crippen molar-refractivity contribution >= 4 is 23.3 Å². The highest BCUT2D eigenvalue weighted by molar-refractivity contribution is 7.99. The Morgan fingerprint density at radius 1 is 1.65 bits per heavy atom. The van der Waals surface area contributed by atoms with E-state index in [0.717, 1.165) is 25.0 Å². The van der Waals surface area contributed by atoms with Gasteiger partial charge in [-0.2, -0.15) is 17.0 Å². The Kier molecular flexibility index (Phi) is 4.79. The van der Waals surface area contributed by atoms with Gasteiger partial charge in [-0.1, -0.05) is 6.92 Å². The van der Waals surface area contributed by atoms with E-state index in [1.807, 2.05) is 17.8 Å². The Hall–Kier alpha value is -1.81. The van der Waals surface area contributed by atoms with E-state index < -0.39 is 4.92 Å². The lowest BCUT2D eigenvalue weighted by Gasteiger charge is -2.13. The van der Waals surface area contributed by atoms with Crippen LogP contribution in [0, 0.1) is 21.4 Å². The molecule has 2 atom stereocenters. The number of nitrogens with one attached hydrogen (secondary N) is 1. The van der Waals surface area contributed by atoms with Crippen LogP contribution in [0.4, 0.5) is 11.5 Å². The van der Waals surface area contributed by atoms with Crippen LogP contribution in [0.2, 0.25) is 0 Å². The van der Waals surface area contributed by atoms with Gasteiger partial charge in [-0.3, -0.25) is 10.1 Å². The van der Waals surface area contributed by atoms with E-state index in [-0.39, 0.29) is 23.1 Å². The number of anilines is 1. The topological polar surface area (TPSA) is 91.8 Å². The second-order valence-corrected chi connectivity index (χ2v) is 6.23. The number of nitro groups is 1. The standard InChI is InChI=1S/C13H16N4O2S/c1-2-20-11-4-3-10(7-11)16-13-12(17(18)19)9(8-14)5-6-15-13/h5-6,10-11H,2-4,7H2,1H3,(H,15,16). The third-order valence-electron chi connectivity index (χ3n) is 3.36. The highest BCUT2D eigenvalue weighted by Gasteiger charge is 2.28. The van der Waals surface area contributed by atoms with Gasteiger partial charge in [0.05, 0.1) is 4.92 Å². The molecule has 2 unspecified atom stereocenters. The van der Waals surface area contributed by atoms with E-state index in [2.05, 4.69) is 17.2 Å². The molecule has 7 heteroatoms. The van der Waals surface area contributed by atoms with Crippen molar-refractivity contribution in [1.82, 2.24) is 4.98 Å². The zero-order valence-corrected chi connectivity index (χ0v) is 12.0. The number of aromatic nitrogens is 1. The van der Waals surface area contributed by atoms with Gasteiger partial charge in [-0.25, -0.2) is 4.98 Å². The number of nitrogens with zero attached hydrogens (tertiary/aromatic N) is 3. The third-order valence-corrected chi connectivity index (χ3v) is 4.59. The average Bonchev–Trinajstić information content (AvgIpc) is 2.86. The Bertz CT molecular complexity index is 544. The molecular formula is C13H16N4O2S. The lowest BCUT2D eigenvalue weighted by atomic mass is 10.2. The van der Waals surface area contributed by atoms with Gasteiger partial charge in [-0.05, 0) is 31.1 Å². The zero-order chi connectivity index (χ0) is 14.5. The fourth-order valence-electron chi connectivity index (χ4n) is 2.49. The molecule has 1 aromatic rings. The van der Waals surface area contributed by atoms with Gasteiger partial charge in [0.1, 0.15) is 11.6 Å². The van der Waals surface area contributed by atoms with Crippen LogP contribution in [-0.4, -0.2) is 27.0 Å². The summed E-state index contributed by atoms with van der Waals surface area (Å²) in [5.41, 5.74) is -0.174. The van der Waals surface area contributed by atoms with Crippen molar-refractivity contribution in [2.45, 2.75) is 37.5 Å². The van der Waals surface area contributed by atoms with E-state index in [4.69, 9.17) is 5.26 Å². The fraction of sp³-hybridized carbons (Fsp3) is 0.538. The molecule has 0 bridgehead atoms. The highest BCUT2D eigenvalue weighted by atomic mass is 32.2. The minimum absolute atomic E-state index is 0.0463. The summed E-state index contributed by atoms with van der Waals surface area (Å²) in [7, 11) is 0. The van der Waals surface area contributed by atoms with Crippen molar-refractivity contribution in [3.05, 3.63) is 27.9 Å². The molecule has 0 aliphatic heterocycles. The van der Waals surface area contributed by atoms with Gasteiger partial charge in [0.15, 0.2) is 0 Å². The van der Waals surface area contributed by atoms with Crippen LogP contribution in [0.25, 0.3) is 0 Å². The zero-order valence-electron chi connectivity index (χ0n) is 11.2. The average molecular weight is 292 g/mol. The quantitative estimate of drug-likeness (QED) is 0.662. The Labute approximate surface area is 121 Å². The van der Waals surface area contributed by atoms with E-state index in [1.165, 1.54) is 12.3 Å². The predicted octanol–water partition coefficient (Wildman–Crippen LogP) is 2.95. The largest absolute Gasteiger partial charge is 0.362 e. The Balaban J connectivity index is 2.14. The molecule has 1 heterocycles. The summed E-state index contributed by atoms with van der Waals surface area (Å²) in [6.45, 7) is 2.13. The second-order valence-electron chi connectivity index (χ2n) is 4.66. The summed E-state index contributed by atoms with van der Waals surface area (Å²) in [5.74, 6) is 1.29. The van der Waals surface area contributed by atoms with Crippen LogP contribution in [-0.2, 0) is 0 Å². The number of nitriles is 1. The summed E-state index contributed by atoms with van der Waals surface area (Å²) < 4.78 is 0. The number of pyridine rings is 1. The number of thioether (sulfide) groups is 1. The Morgan fingerprint density at radius 3 is 3.10 bits per heavy atom. The number of rotatable bonds is 5. The first-order valence-corrected chi connectivity index (χ1v) is 7.62. The molecule has 1 saturated carbocycles. The lowest BCUT2D eigenvalue weighted by Crippen LogP contribution is -2.18. The van der Waals surface area contributed by atoms with Gasteiger partial charge in [-0.15, -0.1) is 0 Å². The molecule has 1 aliphatic carbocycles. The maximum absolute atomic E-state index is 11.1. The van der Waals surface area contributed by atoms with Crippen molar-refractivity contribution in [3.63, 3.8) is 0 Å². The van der Waals surface area contributed by atoms with Crippen LogP contribution in [0.15, 0.2) is 12.3 Å². The van der Waals surface area contributed by atoms with Crippen molar-refractivity contribution in [2.75, 3.05) is 11.1 Å². The first-order valence-electron chi connectivity index (χ1n) is 6.57. The number of hydrogen-bond donors (Lipinski definition) is 1. The maximum Gasteiger partial charge on any atom is 0.328 e. The minimum atomic E-state index is -0.541. The summed E-state index contributed by atoms with van der Waals surface area (Å²) in [6, 6.07) is 3.41. The Morgan fingerprint density at radius 2 is 2.45 bits per heavy atom. The van der Waals surface area contributed by atoms with Crippen LogP contribution in [0.3, 0.4) is 0 Å². The molecule has 0 saturated heterocycles. The molecule has 0 aromatic carbocycles. The molecule has 0 radical (unpaired) electrons. The molecule has 2 rings (SSSR count). The second kappa shape index (κ2) is 6.57. The van der Waals surface area contributed by atoms with Crippen molar-refractivity contribution in [1.29, 1.82) is 5.26 Å². The first-order chi connectivity index (χ1) is 9.65. The molecule has 106 valence electrons. The van der Waals surface area contributed by atoms with Gasteiger partial charge in [0, 0.05) is 17.5 Å². The molecule has 1 aliphatic rings. The van der Waals surface area contributed by atoms with E-state index in [9.17, 15) is 10.1 Å². The molecule has 1 aromatic heterocycles. The van der Waals surface area contributed by atoms with Crippen molar-refractivity contribution in [2.24, 2.45) is 0 Å². The number of hydrogen-bond acceptors (Lipinski definition) is 6. The monoisotopic (exact) mass is 292 g/mol. The fourth-order valence-corrected chi connectivity index (χ4v) is 3.63. The predicted molar refractivity (Wildman–Crippen MR) is 78.8 cm³/mol. The lowest BCUT2D eigenvalue weighted by molar-refractivity contribution is -0.384. The van der Waals surface area contributed by atoms with Gasteiger partial charge >= 0.3 is 5.69 Å². The van der Waals surface area contributed by atoms with Crippen LogP contribution < -0.4 is 5.32 Å². The van der Waals surface area contributed by atoms with E-state index in [1.54, 1.807) is 0 Å². The smallest absolute Gasteiger partial charge is 0.328 e. The molecule has 1 fully saturated rings. The van der Waals surface area contributed by atoms with Crippen LogP contribution >= 0.6 is 11.8 Å². The van der Waals surface area contributed by atoms with Gasteiger partial charge in [0.2, 0.25) is 5.82 Å². The van der Waals surface area contributed by atoms with Crippen LogP contribution in [0.1, 0.15) is 31.7 Å². The van der Waals surface area contributed by atoms with Crippen molar-refractivity contribution in [3.8, 4) is 6.07 Å². The summed E-state index contributed by atoms with van der Waals surface area (Å²) >= 11 is 1.92. The molecule has 6 nitrogen and oxygen atoms in total. The van der Waals surface area contributed by atoms with Gasteiger partial charge < -0.3 is 5.32 Å². The maximum atomic E-state index is 11.1. The summed E-state index contributed by atoms with van der Waals surface area (Å²) in [5, 5.41) is 23.8.